The van der Waals surface area contributed by atoms with Crippen molar-refractivity contribution < 1.29 is 9.47 Å². The molecule has 6 heteroatoms. The summed E-state index contributed by atoms with van der Waals surface area (Å²) in [5, 5.41) is 3.39. The number of aromatic nitrogens is 2. The summed E-state index contributed by atoms with van der Waals surface area (Å²) in [6.07, 6.45) is 1.72. The Bertz CT molecular complexity index is 1170. The Labute approximate surface area is 182 Å². The van der Waals surface area contributed by atoms with E-state index in [-0.39, 0.29) is 5.69 Å². The predicted molar refractivity (Wildman–Crippen MR) is 124 cm³/mol. The monoisotopic (exact) mass is 419 g/mol. The van der Waals surface area contributed by atoms with Gasteiger partial charge in [0.05, 0.1) is 19.4 Å². The molecule has 0 atom stereocenters. The lowest BCUT2D eigenvalue weighted by Gasteiger charge is -2.17. The molecule has 2 heterocycles. The minimum atomic E-state index is -0.247. The van der Waals surface area contributed by atoms with Crippen LogP contribution in [0.5, 0.6) is 11.5 Å². The molecule has 0 spiro atoms. The van der Waals surface area contributed by atoms with Crippen LogP contribution in [0.1, 0.15) is 35.6 Å². The van der Waals surface area contributed by atoms with Crippen molar-refractivity contribution in [3.05, 3.63) is 63.1 Å². The highest BCUT2D eigenvalue weighted by atomic mass is 16.5. The van der Waals surface area contributed by atoms with Crippen molar-refractivity contribution >= 4 is 11.5 Å². The molecule has 1 aliphatic rings. The zero-order valence-electron chi connectivity index (χ0n) is 18.8. The molecule has 0 aliphatic carbocycles. The highest BCUT2D eigenvalue weighted by Gasteiger charge is 2.21. The van der Waals surface area contributed by atoms with E-state index in [2.05, 4.69) is 43.2 Å². The average Bonchev–Trinajstić information content (AvgIpc) is 2.89. The van der Waals surface area contributed by atoms with Crippen LogP contribution in [0.4, 0.5) is 11.5 Å². The third kappa shape index (κ3) is 4.02. The lowest BCUT2D eigenvalue weighted by Crippen LogP contribution is -2.25. The van der Waals surface area contributed by atoms with Crippen molar-refractivity contribution in [2.75, 3.05) is 19.0 Å². The summed E-state index contributed by atoms with van der Waals surface area (Å²) in [6, 6.07) is 10.2. The van der Waals surface area contributed by atoms with Crippen molar-refractivity contribution in [2.45, 2.75) is 47.1 Å². The molecule has 1 aromatic heterocycles. The maximum absolute atomic E-state index is 12.9. The number of benzene rings is 2. The summed E-state index contributed by atoms with van der Waals surface area (Å²) in [5.74, 6) is 1.95. The number of fused-ring (bicyclic) bond motifs is 3. The number of hydrogen-bond donors (Lipinski definition) is 1. The molecular weight excluding hydrogens is 390 g/mol. The first-order valence-corrected chi connectivity index (χ1v) is 10.7. The number of nitrogens with zero attached hydrogens (tertiary/aromatic N) is 2. The van der Waals surface area contributed by atoms with E-state index < -0.39 is 0 Å². The van der Waals surface area contributed by atoms with E-state index in [1.54, 1.807) is 11.7 Å². The zero-order chi connectivity index (χ0) is 22.1. The average molecular weight is 420 g/mol. The van der Waals surface area contributed by atoms with Crippen LogP contribution in [0.2, 0.25) is 0 Å². The fourth-order valence-electron chi connectivity index (χ4n) is 4.42. The first-order valence-electron chi connectivity index (χ1n) is 10.7. The van der Waals surface area contributed by atoms with Gasteiger partial charge in [-0.05, 0) is 69.4 Å². The third-order valence-corrected chi connectivity index (χ3v) is 5.73. The number of aryl methyl sites for hydroxylation is 4. The zero-order valence-corrected chi connectivity index (χ0v) is 18.8. The molecule has 3 aromatic rings. The van der Waals surface area contributed by atoms with Crippen molar-refractivity contribution in [1.82, 2.24) is 9.55 Å². The number of hydrogen-bond acceptors (Lipinski definition) is 5. The second kappa shape index (κ2) is 8.46. The van der Waals surface area contributed by atoms with Gasteiger partial charge in [0, 0.05) is 23.9 Å². The lowest BCUT2D eigenvalue weighted by atomic mass is 10.00. The van der Waals surface area contributed by atoms with Crippen LogP contribution in [0.3, 0.4) is 0 Å². The molecule has 0 amide bonds. The second-order valence-electron chi connectivity index (χ2n) is 8.06. The van der Waals surface area contributed by atoms with Crippen LogP contribution in [0.15, 0.2) is 35.1 Å². The Hall–Kier alpha value is -3.28. The molecule has 0 saturated heterocycles. The van der Waals surface area contributed by atoms with Crippen molar-refractivity contribution in [2.24, 2.45) is 0 Å². The number of ether oxygens (including phenoxy) is 2. The fraction of sp³-hybridized carbons (Fsp3) is 0.360. The first kappa shape index (κ1) is 21.0. The smallest absolute Gasteiger partial charge is 0.349 e. The van der Waals surface area contributed by atoms with E-state index in [1.807, 2.05) is 25.1 Å². The van der Waals surface area contributed by atoms with Crippen molar-refractivity contribution in [1.29, 1.82) is 0 Å². The van der Waals surface area contributed by atoms with E-state index in [0.29, 0.717) is 24.7 Å². The summed E-state index contributed by atoms with van der Waals surface area (Å²) in [6.45, 7) is 9.36. The summed E-state index contributed by atoms with van der Waals surface area (Å²) < 4.78 is 13.1. The van der Waals surface area contributed by atoms with Crippen LogP contribution in [0.25, 0.3) is 11.3 Å². The van der Waals surface area contributed by atoms with Crippen LogP contribution in [-0.4, -0.2) is 23.3 Å². The molecular formula is C25H29N3O3. The Morgan fingerprint density at radius 3 is 2.48 bits per heavy atom. The Balaban J connectivity index is 1.85. The molecule has 0 fully saturated rings. The standard InChI is InChI=1S/C25H29N3O3/c1-6-31-22-12-18-8-7-9-28-20(19(18)13-21(22)30-5)14-23(27-25(28)29)26-24-16(3)10-15(2)11-17(24)4/h10-14H,6-9H2,1-5H3,(H,26,27,29). The molecule has 6 nitrogen and oxygen atoms in total. The van der Waals surface area contributed by atoms with Gasteiger partial charge >= 0.3 is 5.69 Å². The van der Waals surface area contributed by atoms with Gasteiger partial charge in [-0.15, -0.1) is 0 Å². The van der Waals surface area contributed by atoms with Crippen LogP contribution in [0, 0.1) is 20.8 Å². The third-order valence-electron chi connectivity index (χ3n) is 5.73. The van der Waals surface area contributed by atoms with Crippen LogP contribution in [-0.2, 0) is 13.0 Å². The van der Waals surface area contributed by atoms with Gasteiger partial charge in [0.2, 0.25) is 0 Å². The molecule has 0 bridgehead atoms. The number of nitrogens with one attached hydrogen (secondary N) is 1. The van der Waals surface area contributed by atoms with E-state index in [1.165, 1.54) is 5.56 Å². The Morgan fingerprint density at radius 1 is 1.06 bits per heavy atom. The molecule has 2 aromatic carbocycles. The Kier molecular flexibility index (Phi) is 5.72. The first-order chi connectivity index (χ1) is 14.9. The topological polar surface area (TPSA) is 65.4 Å². The van der Waals surface area contributed by atoms with Gasteiger partial charge in [-0.1, -0.05) is 17.7 Å². The van der Waals surface area contributed by atoms with Crippen molar-refractivity contribution in [3.63, 3.8) is 0 Å². The van der Waals surface area contributed by atoms with Crippen LogP contribution >= 0.6 is 0 Å². The molecule has 0 unspecified atom stereocenters. The maximum Gasteiger partial charge on any atom is 0.349 e. The van der Waals surface area contributed by atoms with Gasteiger partial charge in [0.25, 0.3) is 0 Å². The second-order valence-corrected chi connectivity index (χ2v) is 8.06. The quantitative estimate of drug-likeness (QED) is 0.635. The maximum atomic E-state index is 12.9. The van der Waals surface area contributed by atoms with E-state index >= 15 is 0 Å². The van der Waals surface area contributed by atoms with E-state index in [4.69, 9.17) is 9.47 Å². The minimum Gasteiger partial charge on any atom is -0.493 e. The number of rotatable bonds is 5. The molecule has 1 aliphatic heterocycles. The van der Waals surface area contributed by atoms with Gasteiger partial charge in [0.1, 0.15) is 5.82 Å². The van der Waals surface area contributed by atoms with Crippen molar-refractivity contribution in [3.8, 4) is 22.8 Å². The highest BCUT2D eigenvalue weighted by molar-refractivity contribution is 5.73. The molecule has 4 rings (SSSR count). The molecule has 0 radical (unpaired) electrons. The number of methoxy groups -OCH3 is 1. The van der Waals surface area contributed by atoms with Gasteiger partial charge in [0.15, 0.2) is 11.5 Å². The van der Waals surface area contributed by atoms with Gasteiger partial charge in [-0.25, -0.2) is 4.79 Å². The molecule has 31 heavy (non-hydrogen) atoms. The Morgan fingerprint density at radius 2 is 1.81 bits per heavy atom. The van der Waals surface area contributed by atoms with Gasteiger partial charge in [-0.2, -0.15) is 4.98 Å². The van der Waals surface area contributed by atoms with Crippen LogP contribution < -0.4 is 20.5 Å². The minimum absolute atomic E-state index is 0.247. The normalized spacial score (nSPS) is 12.5. The SMILES string of the molecule is CCOc1cc2c(cc1OC)-c1cc(Nc3c(C)cc(C)cc3C)nc(=O)n1CCC2. The van der Waals surface area contributed by atoms with Gasteiger partial charge < -0.3 is 14.8 Å². The lowest BCUT2D eigenvalue weighted by molar-refractivity contribution is 0.310. The summed E-state index contributed by atoms with van der Waals surface area (Å²) >= 11 is 0. The summed E-state index contributed by atoms with van der Waals surface area (Å²) in [7, 11) is 1.64. The highest BCUT2D eigenvalue weighted by Crippen LogP contribution is 2.38. The molecule has 162 valence electrons. The van der Waals surface area contributed by atoms with E-state index in [0.717, 1.165) is 52.2 Å². The number of anilines is 2. The van der Waals surface area contributed by atoms with E-state index in [9.17, 15) is 4.79 Å². The fourth-order valence-corrected chi connectivity index (χ4v) is 4.42. The molecule has 1 N–H and O–H groups in total. The summed E-state index contributed by atoms with van der Waals surface area (Å²) in [5.41, 5.74) is 7.17. The van der Waals surface area contributed by atoms with Gasteiger partial charge in [-0.3, -0.25) is 4.57 Å². The molecule has 0 saturated carbocycles. The summed E-state index contributed by atoms with van der Waals surface area (Å²) in [4.78, 5) is 17.3. The largest absolute Gasteiger partial charge is 0.493 e. The predicted octanol–water partition coefficient (Wildman–Crippen LogP) is 4.93.